The van der Waals surface area contributed by atoms with Crippen molar-refractivity contribution in [2.45, 2.75) is 9.37 Å². The van der Waals surface area contributed by atoms with Crippen molar-refractivity contribution in [2.24, 2.45) is 0 Å². The summed E-state index contributed by atoms with van der Waals surface area (Å²) < 4.78 is 5.37. The molecule has 2 rings (SSSR count). The van der Waals surface area contributed by atoms with Gasteiger partial charge in [-0.05, 0) is 17.8 Å². The highest BCUT2D eigenvalue weighted by Crippen LogP contribution is 2.28. The third-order valence-electron chi connectivity index (χ3n) is 1.85. The Bertz CT molecular complexity index is 530. The summed E-state index contributed by atoms with van der Waals surface area (Å²) in [6.07, 6.45) is 1.43. The number of carbonyl (C=O) groups excluding carboxylic acids is 1. The Kier molecular flexibility index (Phi) is 3.55. The summed E-state index contributed by atoms with van der Waals surface area (Å²) in [7, 11) is 1.31. The summed E-state index contributed by atoms with van der Waals surface area (Å²) in [4.78, 5) is 15.5. The number of hydrogen-bond acceptors (Lipinski definition) is 8. The number of hydrogen-bond donors (Lipinski definition) is 1. The molecule has 8 heteroatoms. The summed E-state index contributed by atoms with van der Waals surface area (Å²) in [6.45, 7) is 0. The van der Waals surface area contributed by atoms with E-state index < -0.39 is 5.97 Å². The number of rotatable bonds is 3. The van der Waals surface area contributed by atoms with Crippen molar-refractivity contribution in [1.82, 2.24) is 15.2 Å². The summed E-state index contributed by atoms with van der Waals surface area (Å²) in [5, 5.41) is 8.21. The smallest absolute Gasteiger partial charge is 0.340 e. The molecule has 0 aromatic carbocycles. The quantitative estimate of drug-likeness (QED) is 0.842. The van der Waals surface area contributed by atoms with E-state index in [9.17, 15) is 4.79 Å². The Morgan fingerprint density at radius 1 is 1.59 bits per heavy atom. The molecule has 88 valence electrons. The molecule has 0 aliphatic heterocycles. The number of pyridine rings is 1. The Labute approximate surface area is 105 Å². The minimum atomic E-state index is -0.482. The van der Waals surface area contributed by atoms with Crippen LogP contribution in [0, 0.1) is 0 Å². The molecule has 0 unspecified atom stereocenters. The first-order chi connectivity index (χ1) is 8.20. The highest BCUT2D eigenvalue weighted by Gasteiger charge is 2.12. The van der Waals surface area contributed by atoms with Gasteiger partial charge in [0.2, 0.25) is 0 Å². The zero-order valence-electron chi connectivity index (χ0n) is 8.78. The molecule has 2 N–H and O–H groups in total. The van der Waals surface area contributed by atoms with Crippen LogP contribution in [0.2, 0.25) is 0 Å². The molecule has 0 radical (unpaired) electrons. The molecule has 0 amide bonds. The van der Waals surface area contributed by atoms with E-state index in [-0.39, 0.29) is 0 Å². The van der Waals surface area contributed by atoms with Gasteiger partial charge >= 0.3 is 5.97 Å². The lowest BCUT2D eigenvalue weighted by atomic mass is 10.2. The molecule has 0 fully saturated rings. The van der Waals surface area contributed by atoms with Gasteiger partial charge in [0, 0.05) is 0 Å². The summed E-state index contributed by atoms with van der Waals surface area (Å²) in [5.74, 6) is -0.482. The van der Waals surface area contributed by atoms with E-state index in [0.29, 0.717) is 16.3 Å². The van der Waals surface area contributed by atoms with E-state index in [1.54, 1.807) is 11.6 Å². The van der Waals surface area contributed by atoms with Crippen LogP contribution in [-0.4, -0.2) is 28.3 Å². The molecule has 2 aromatic heterocycles. The minimum absolute atomic E-state index is 0.290. The molecular weight excluding hydrogens is 260 g/mol. The van der Waals surface area contributed by atoms with Gasteiger partial charge in [-0.25, -0.2) is 9.78 Å². The van der Waals surface area contributed by atoms with Crippen LogP contribution in [0.1, 0.15) is 10.4 Å². The normalized spacial score (nSPS) is 10.2. The fourth-order valence-electron chi connectivity index (χ4n) is 1.09. The first-order valence-corrected chi connectivity index (χ1v) is 6.18. The van der Waals surface area contributed by atoms with Gasteiger partial charge in [-0.15, -0.1) is 10.2 Å². The molecule has 2 heterocycles. The van der Waals surface area contributed by atoms with Gasteiger partial charge in [0.25, 0.3) is 0 Å². The highest BCUT2D eigenvalue weighted by atomic mass is 32.2. The SMILES string of the molecule is COC(=O)c1cc(Sc2nncs2)ncc1N. The van der Waals surface area contributed by atoms with Crippen LogP contribution < -0.4 is 5.73 Å². The number of methoxy groups -OCH3 is 1. The fraction of sp³-hybridized carbons (Fsp3) is 0.111. The van der Waals surface area contributed by atoms with Crippen LogP contribution in [0.5, 0.6) is 0 Å². The van der Waals surface area contributed by atoms with Crippen molar-refractivity contribution in [1.29, 1.82) is 0 Å². The lowest BCUT2D eigenvalue weighted by molar-refractivity contribution is 0.0601. The molecule has 0 spiro atoms. The van der Waals surface area contributed by atoms with Crippen LogP contribution in [0.25, 0.3) is 0 Å². The number of anilines is 1. The number of carbonyl (C=O) groups is 1. The van der Waals surface area contributed by atoms with Crippen LogP contribution in [0.3, 0.4) is 0 Å². The monoisotopic (exact) mass is 268 g/mol. The Hall–Kier alpha value is -1.67. The van der Waals surface area contributed by atoms with Crippen molar-refractivity contribution in [2.75, 3.05) is 12.8 Å². The number of nitrogen functional groups attached to an aromatic ring is 1. The van der Waals surface area contributed by atoms with Gasteiger partial charge in [0.05, 0.1) is 24.6 Å². The van der Waals surface area contributed by atoms with E-state index in [0.717, 1.165) is 4.34 Å². The fourth-order valence-corrected chi connectivity index (χ4v) is 2.49. The second-order valence-corrected chi connectivity index (χ2v) is 5.01. The average Bonchev–Trinajstić information content (AvgIpc) is 2.83. The summed E-state index contributed by atoms with van der Waals surface area (Å²) >= 11 is 2.71. The maximum atomic E-state index is 11.4. The Balaban J connectivity index is 2.28. The van der Waals surface area contributed by atoms with E-state index in [1.807, 2.05) is 0 Å². The van der Waals surface area contributed by atoms with Crippen molar-refractivity contribution in [3.05, 3.63) is 23.3 Å². The van der Waals surface area contributed by atoms with Crippen LogP contribution >= 0.6 is 23.1 Å². The van der Waals surface area contributed by atoms with Crippen molar-refractivity contribution in [3.8, 4) is 0 Å². The molecule has 0 saturated heterocycles. The molecule has 6 nitrogen and oxygen atoms in total. The van der Waals surface area contributed by atoms with E-state index >= 15 is 0 Å². The highest BCUT2D eigenvalue weighted by molar-refractivity contribution is 8.00. The zero-order valence-corrected chi connectivity index (χ0v) is 10.4. The second kappa shape index (κ2) is 5.11. The van der Waals surface area contributed by atoms with Gasteiger partial charge < -0.3 is 10.5 Å². The molecule has 0 atom stereocenters. The van der Waals surface area contributed by atoms with E-state index in [4.69, 9.17) is 5.73 Å². The van der Waals surface area contributed by atoms with Gasteiger partial charge in [0.1, 0.15) is 10.5 Å². The molecular formula is C9H8N4O2S2. The van der Waals surface area contributed by atoms with Crippen molar-refractivity contribution >= 4 is 34.8 Å². The molecule has 17 heavy (non-hydrogen) atoms. The third-order valence-corrected chi connectivity index (χ3v) is 3.56. The Morgan fingerprint density at radius 3 is 3.06 bits per heavy atom. The van der Waals surface area contributed by atoms with Gasteiger partial charge in [-0.3, -0.25) is 0 Å². The number of aromatic nitrogens is 3. The number of ether oxygens (including phenoxy) is 1. The standard InChI is InChI=1S/C9H8N4O2S2/c1-15-8(14)5-2-7(11-3-6(5)10)17-9-13-12-4-16-9/h2-4H,10H2,1H3. The Morgan fingerprint density at radius 2 is 2.41 bits per heavy atom. The number of esters is 1. The van der Waals surface area contributed by atoms with Crippen molar-refractivity contribution in [3.63, 3.8) is 0 Å². The maximum absolute atomic E-state index is 11.4. The van der Waals surface area contributed by atoms with Gasteiger partial charge in [-0.1, -0.05) is 11.3 Å². The minimum Gasteiger partial charge on any atom is -0.465 e. The third kappa shape index (κ3) is 2.71. The number of nitrogens with zero attached hydrogens (tertiary/aromatic N) is 3. The lowest BCUT2D eigenvalue weighted by Gasteiger charge is -2.04. The maximum Gasteiger partial charge on any atom is 0.340 e. The second-order valence-electron chi connectivity index (χ2n) is 2.91. The summed E-state index contributed by atoms with van der Waals surface area (Å²) in [5.41, 5.74) is 7.86. The van der Waals surface area contributed by atoms with E-state index in [2.05, 4.69) is 19.9 Å². The summed E-state index contributed by atoms with van der Waals surface area (Å²) in [6, 6.07) is 1.58. The first-order valence-electron chi connectivity index (χ1n) is 4.48. The van der Waals surface area contributed by atoms with Crippen LogP contribution in [0.15, 0.2) is 27.1 Å². The van der Waals surface area contributed by atoms with Gasteiger partial charge in [-0.2, -0.15) is 0 Å². The first kappa shape index (κ1) is 11.8. The van der Waals surface area contributed by atoms with Crippen molar-refractivity contribution < 1.29 is 9.53 Å². The van der Waals surface area contributed by atoms with Crippen LogP contribution in [0.4, 0.5) is 5.69 Å². The number of nitrogens with two attached hydrogens (primary N) is 1. The predicted octanol–water partition coefficient (Wildman–Crippen LogP) is 1.45. The van der Waals surface area contributed by atoms with Crippen LogP contribution in [-0.2, 0) is 4.74 Å². The molecule has 0 saturated carbocycles. The molecule has 0 aliphatic rings. The lowest BCUT2D eigenvalue weighted by Crippen LogP contribution is -2.06. The van der Waals surface area contributed by atoms with Gasteiger partial charge in [0.15, 0.2) is 4.34 Å². The average molecular weight is 268 g/mol. The molecule has 0 aliphatic carbocycles. The largest absolute Gasteiger partial charge is 0.465 e. The molecule has 0 bridgehead atoms. The molecule has 2 aromatic rings. The zero-order chi connectivity index (χ0) is 12.3. The predicted molar refractivity (Wildman–Crippen MR) is 64.0 cm³/mol. The van der Waals surface area contributed by atoms with E-state index in [1.165, 1.54) is 36.4 Å². The topological polar surface area (TPSA) is 91.0 Å².